The number of ether oxygens (including phenoxy) is 1. The predicted molar refractivity (Wildman–Crippen MR) is 144 cm³/mol. The molecule has 0 radical (unpaired) electrons. The standard InChI is InChI=1S/C28H30BrClN2O3/c1-2-24(28(34)31-21-11-5-6-12-21)32(17-20-10-4-8-14-23(20)30)26(33)18-35-25-16-15-19-9-3-7-13-22(19)27(25)29/h3-4,7-10,13-16,21,24H,2,5-6,11-12,17-18H2,1H3,(H,31,34)/t24-/m1/s1. The van der Waals surface area contributed by atoms with Crippen LogP contribution in [-0.4, -0.2) is 35.4 Å². The van der Waals surface area contributed by atoms with Crippen LogP contribution >= 0.6 is 27.5 Å². The molecule has 0 unspecified atom stereocenters. The lowest BCUT2D eigenvalue weighted by molar-refractivity contribution is -0.143. The SMILES string of the molecule is CC[C@H](C(=O)NC1CCCC1)N(Cc1ccccc1Cl)C(=O)COc1ccc2ccccc2c1Br. The van der Waals surface area contributed by atoms with E-state index in [0.29, 0.717) is 17.2 Å². The van der Waals surface area contributed by atoms with E-state index in [9.17, 15) is 9.59 Å². The van der Waals surface area contributed by atoms with E-state index in [-0.39, 0.29) is 31.0 Å². The van der Waals surface area contributed by atoms with E-state index in [1.54, 1.807) is 11.0 Å². The molecule has 0 heterocycles. The summed E-state index contributed by atoms with van der Waals surface area (Å²) in [5.41, 5.74) is 0.793. The van der Waals surface area contributed by atoms with Crippen LogP contribution in [0.3, 0.4) is 0 Å². The molecule has 1 N–H and O–H groups in total. The molecule has 2 amide bonds. The average molecular weight is 558 g/mol. The zero-order chi connectivity index (χ0) is 24.8. The van der Waals surface area contributed by atoms with Gasteiger partial charge in [-0.25, -0.2) is 0 Å². The van der Waals surface area contributed by atoms with Gasteiger partial charge in [0.15, 0.2) is 6.61 Å². The minimum absolute atomic E-state index is 0.119. The number of hydrogen-bond acceptors (Lipinski definition) is 3. The second-order valence-corrected chi connectivity index (χ2v) is 10.1. The maximum absolute atomic E-state index is 13.5. The van der Waals surface area contributed by atoms with Crippen LogP contribution in [-0.2, 0) is 16.1 Å². The van der Waals surface area contributed by atoms with Crippen LogP contribution in [0, 0.1) is 0 Å². The number of amides is 2. The Morgan fingerprint density at radius 3 is 2.54 bits per heavy atom. The molecule has 3 aromatic rings. The number of hydrogen-bond donors (Lipinski definition) is 1. The highest BCUT2D eigenvalue weighted by Crippen LogP contribution is 2.33. The number of halogens is 2. The van der Waals surface area contributed by atoms with Crippen molar-refractivity contribution in [1.82, 2.24) is 10.2 Å². The molecule has 0 aliphatic heterocycles. The molecular weight excluding hydrogens is 528 g/mol. The number of fused-ring (bicyclic) bond motifs is 1. The summed E-state index contributed by atoms with van der Waals surface area (Å²) in [4.78, 5) is 28.3. The van der Waals surface area contributed by atoms with E-state index in [0.717, 1.165) is 46.5 Å². The first kappa shape index (κ1) is 25.5. The van der Waals surface area contributed by atoms with Crippen molar-refractivity contribution >= 4 is 50.1 Å². The molecule has 35 heavy (non-hydrogen) atoms. The number of nitrogens with one attached hydrogen (secondary N) is 1. The van der Waals surface area contributed by atoms with Gasteiger partial charge in [-0.3, -0.25) is 9.59 Å². The highest BCUT2D eigenvalue weighted by molar-refractivity contribution is 9.10. The Labute approximate surface area is 219 Å². The van der Waals surface area contributed by atoms with Gasteiger partial charge in [0.05, 0.1) is 4.47 Å². The molecule has 3 aromatic carbocycles. The average Bonchev–Trinajstić information content (AvgIpc) is 3.37. The van der Waals surface area contributed by atoms with Crippen LogP contribution in [0.4, 0.5) is 0 Å². The summed E-state index contributed by atoms with van der Waals surface area (Å²) in [7, 11) is 0. The van der Waals surface area contributed by atoms with Gasteiger partial charge >= 0.3 is 0 Å². The molecule has 0 aromatic heterocycles. The van der Waals surface area contributed by atoms with Gasteiger partial charge in [0.25, 0.3) is 5.91 Å². The largest absolute Gasteiger partial charge is 0.483 e. The Balaban J connectivity index is 1.54. The lowest BCUT2D eigenvalue weighted by Gasteiger charge is -2.31. The van der Waals surface area contributed by atoms with E-state index < -0.39 is 6.04 Å². The van der Waals surface area contributed by atoms with Crippen LogP contribution in [0.5, 0.6) is 5.75 Å². The molecule has 0 bridgehead atoms. The fourth-order valence-corrected chi connectivity index (χ4v) is 5.45. The maximum Gasteiger partial charge on any atom is 0.261 e. The minimum atomic E-state index is -0.608. The first-order valence-corrected chi connectivity index (χ1v) is 13.3. The molecule has 5 nitrogen and oxygen atoms in total. The number of nitrogens with zero attached hydrogens (tertiary/aromatic N) is 1. The molecule has 1 aliphatic carbocycles. The Kier molecular flexibility index (Phi) is 8.69. The predicted octanol–water partition coefficient (Wildman–Crippen LogP) is 6.50. The van der Waals surface area contributed by atoms with E-state index in [2.05, 4.69) is 21.2 Å². The number of rotatable bonds is 9. The Hall–Kier alpha value is -2.57. The van der Waals surface area contributed by atoms with Crippen LogP contribution in [0.1, 0.15) is 44.6 Å². The summed E-state index contributed by atoms with van der Waals surface area (Å²) in [6.45, 7) is 1.97. The van der Waals surface area contributed by atoms with Crippen LogP contribution in [0.15, 0.2) is 65.1 Å². The Morgan fingerprint density at radius 2 is 1.80 bits per heavy atom. The van der Waals surface area contributed by atoms with Gasteiger partial charge in [0.1, 0.15) is 11.8 Å². The molecule has 1 aliphatic rings. The highest BCUT2D eigenvalue weighted by atomic mass is 79.9. The van der Waals surface area contributed by atoms with Crippen molar-refractivity contribution in [3.63, 3.8) is 0 Å². The maximum atomic E-state index is 13.5. The molecule has 4 rings (SSSR count). The number of carbonyl (C=O) groups is 2. The van der Waals surface area contributed by atoms with Crippen LogP contribution in [0.25, 0.3) is 10.8 Å². The van der Waals surface area contributed by atoms with Gasteiger partial charge in [-0.15, -0.1) is 0 Å². The van der Waals surface area contributed by atoms with Crippen molar-refractivity contribution in [3.05, 3.63) is 75.7 Å². The van der Waals surface area contributed by atoms with Crippen molar-refractivity contribution in [2.75, 3.05) is 6.61 Å². The first-order valence-electron chi connectivity index (χ1n) is 12.1. The number of carbonyl (C=O) groups excluding carboxylic acids is 2. The molecule has 7 heteroatoms. The third kappa shape index (κ3) is 6.17. The summed E-state index contributed by atoms with van der Waals surface area (Å²) >= 11 is 10.0. The third-order valence-electron chi connectivity index (χ3n) is 6.56. The second-order valence-electron chi connectivity index (χ2n) is 8.91. The Morgan fingerprint density at radius 1 is 1.09 bits per heavy atom. The van der Waals surface area contributed by atoms with E-state index in [1.807, 2.05) is 61.5 Å². The van der Waals surface area contributed by atoms with Crippen molar-refractivity contribution in [3.8, 4) is 5.75 Å². The summed E-state index contributed by atoms with van der Waals surface area (Å²) in [6.07, 6.45) is 4.71. The monoisotopic (exact) mass is 556 g/mol. The highest BCUT2D eigenvalue weighted by Gasteiger charge is 2.31. The number of benzene rings is 3. The van der Waals surface area contributed by atoms with Crippen molar-refractivity contribution < 1.29 is 14.3 Å². The fourth-order valence-electron chi connectivity index (χ4n) is 4.64. The molecule has 184 valence electrons. The van der Waals surface area contributed by atoms with E-state index >= 15 is 0 Å². The lowest BCUT2D eigenvalue weighted by atomic mass is 10.1. The van der Waals surface area contributed by atoms with Gasteiger partial charge in [-0.2, -0.15) is 0 Å². The summed E-state index contributed by atoms with van der Waals surface area (Å²) < 4.78 is 6.76. The normalized spacial score (nSPS) is 14.6. The van der Waals surface area contributed by atoms with Crippen molar-refractivity contribution in [2.24, 2.45) is 0 Å². The Bertz CT molecular complexity index is 1200. The zero-order valence-corrected chi connectivity index (χ0v) is 22.1. The lowest BCUT2D eigenvalue weighted by Crippen LogP contribution is -2.52. The second kappa shape index (κ2) is 11.9. The van der Waals surface area contributed by atoms with Crippen LogP contribution in [0.2, 0.25) is 5.02 Å². The zero-order valence-electron chi connectivity index (χ0n) is 19.8. The molecule has 0 saturated heterocycles. The van der Waals surface area contributed by atoms with E-state index in [1.165, 1.54) is 0 Å². The molecule has 1 saturated carbocycles. The summed E-state index contributed by atoms with van der Waals surface area (Å²) in [6, 6.07) is 18.7. The first-order chi connectivity index (χ1) is 17.0. The quantitative estimate of drug-likeness (QED) is 0.327. The minimum Gasteiger partial charge on any atom is -0.483 e. The van der Waals surface area contributed by atoms with Gasteiger partial charge in [0.2, 0.25) is 5.91 Å². The molecule has 1 atom stereocenters. The topological polar surface area (TPSA) is 58.6 Å². The van der Waals surface area contributed by atoms with Gasteiger partial charge < -0.3 is 15.0 Å². The molecule has 1 fully saturated rings. The van der Waals surface area contributed by atoms with E-state index in [4.69, 9.17) is 16.3 Å². The van der Waals surface area contributed by atoms with Gasteiger partial charge in [-0.05, 0) is 63.7 Å². The smallest absolute Gasteiger partial charge is 0.261 e. The van der Waals surface area contributed by atoms with Crippen molar-refractivity contribution in [2.45, 2.75) is 57.7 Å². The van der Waals surface area contributed by atoms with Gasteiger partial charge in [-0.1, -0.05) is 79.9 Å². The third-order valence-corrected chi connectivity index (χ3v) is 7.75. The van der Waals surface area contributed by atoms with Crippen molar-refractivity contribution in [1.29, 1.82) is 0 Å². The van der Waals surface area contributed by atoms with Gasteiger partial charge in [0, 0.05) is 17.6 Å². The summed E-state index contributed by atoms with van der Waals surface area (Å²) in [5.74, 6) is 0.197. The molecular formula is C28H30BrClN2O3. The molecule has 0 spiro atoms. The van der Waals surface area contributed by atoms with Crippen LogP contribution < -0.4 is 10.1 Å². The summed E-state index contributed by atoms with van der Waals surface area (Å²) in [5, 5.41) is 5.80. The fraction of sp³-hybridized carbons (Fsp3) is 0.357.